The van der Waals surface area contributed by atoms with Gasteiger partial charge in [-0.1, -0.05) is 41.6 Å². The number of carboxylic acid groups (broad SMARTS) is 1. The summed E-state index contributed by atoms with van der Waals surface area (Å²) >= 11 is 0. The summed E-state index contributed by atoms with van der Waals surface area (Å²) in [5.41, 5.74) is 4.08. The number of benzene rings is 3. The van der Waals surface area contributed by atoms with E-state index in [-0.39, 0.29) is 5.82 Å². The summed E-state index contributed by atoms with van der Waals surface area (Å²) in [5, 5.41) is 12.8. The number of hydrogen-bond acceptors (Lipinski definition) is 4. The lowest BCUT2D eigenvalue weighted by Gasteiger charge is -2.05. The van der Waals surface area contributed by atoms with Gasteiger partial charge in [-0.15, -0.1) is 0 Å². The molecule has 4 aromatic rings. The van der Waals surface area contributed by atoms with Gasteiger partial charge in [0.1, 0.15) is 5.82 Å². The molecule has 5 nitrogen and oxygen atoms in total. The maximum atomic E-state index is 13.9. The number of aryl methyl sites for hydroxylation is 1. The molecule has 0 bridgehead atoms. The van der Waals surface area contributed by atoms with Gasteiger partial charge in [0.05, 0.1) is 5.56 Å². The number of aromatic carboxylic acids is 1. The minimum atomic E-state index is -1.33. The summed E-state index contributed by atoms with van der Waals surface area (Å²) in [6.45, 7) is 2.06. The quantitative estimate of drug-likeness (QED) is 0.530. The highest BCUT2D eigenvalue weighted by atomic mass is 19.1. The van der Waals surface area contributed by atoms with E-state index in [9.17, 15) is 9.18 Å². The zero-order chi connectivity index (χ0) is 19.7. The Morgan fingerprint density at radius 2 is 1.64 bits per heavy atom. The summed E-state index contributed by atoms with van der Waals surface area (Å²) in [6.07, 6.45) is 0. The Kier molecular flexibility index (Phi) is 4.45. The molecular formula is C22H15FN2O3. The summed E-state index contributed by atoms with van der Waals surface area (Å²) < 4.78 is 19.2. The summed E-state index contributed by atoms with van der Waals surface area (Å²) in [5.74, 6) is -1.69. The van der Waals surface area contributed by atoms with Gasteiger partial charge in [-0.25, -0.2) is 9.18 Å². The second kappa shape index (κ2) is 7.08. The van der Waals surface area contributed by atoms with Crippen LogP contribution in [0.3, 0.4) is 0 Å². The molecule has 0 aliphatic heterocycles. The molecule has 0 atom stereocenters. The number of nitrogens with zero attached hydrogens (tertiary/aromatic N) is 2. The molecule has 6 heteroatoms. The third kappa shape index (κ3) is 3.27. The molecule has 4 rings (SSSR count). The fourth-order valence-corrected chi connectivity index (χ4v) is 2.97. The molecule has 0 spiro atoms. The lowest BCUT2D eigenvalue weighted by molar-refractivity contribution is 0.0692. The van der Waals surface area contributed by atoms with Gasteiger partial charge in [-0.2, -0.15) is 4.98 Å². The molecule has 0 saturated carbocycles. The third-order valence-corrected chi connectivity index (χ3v) is 4.47. The van der Waals surface area contributed by atoms with Crippen LogP contribution in [0.2, 0.25) is 0 Å². The zero-order valence-electron chi connectivity index (χ0n) is 14.9. The van der Waals surface area contributed by atoms with Crippen LogP contribution < -0.4 is 0 Å². The maximum Gasteiger partial charge on any atom is 0.338 e. The fraction of sp³-hybridized carbons (Fsp3) is 0.0455. The van der Waals surface area contributed by atoms with Crippen LogP contribution in [0.1, 0.15) is 15.9 Å². The summed E-state index contributed by atoms with van der Waals surface area (Å²) in [7, 11) is 0. The van der Waals surface area contributed by atoms with Crippen molar-refractivity contribution >= 4 is 5.97 Å². The zero-order valence-corrected chi connectivity index (χ0v) is 14.9. The average molecular weight is 374 g/mol. The van der Waals surface area contributed by atoms with E-state index in [1.165, 1.54) is 17.7 Å². The van der Waals surface area contributed by atoms with Crippen molar-refractivity contribution in [2.45, 2.75) is 6.92 Å². The molecule has 1 N–H and O–H groups in total. The van der Waals surface area contributed by atoms with Crippen LogP contribution in [0, 0.1) is 12.7 Å². The van der Waals surface area contributed by atoms with Crippen molar-refractivity contribution in [2.24, 2.45) is 0 Å². The molecule has 28 heavy (non-hydrogen) atoms. The number of halogens is 1. The molecule has 0 aliphatic carbocycles. The van der Waals surface area contributed by atoms with Gasteiger partial charge in [0.15, 0.2) is 0 Å². The van der Waals surface area contributed by atoms with Crippen LogP contribution in [0.5, 0.6) is 0 Å². The molecule has 0 amide bonds. The minimum Gasteiger partial charge on any atom is -0.478 e. The Morgan fingerprint density at radius 1 is 0.964 bits per heavy atom. The van der Waals surface area contributed by atoms with Crippen molar-refractivity contribution in [3.8, 4) is 34.0 Å². The van der Waals surface area contributed by atoms with E-state index in [1.807, 2.05) is 36.4 Å². The van der Waals surface area contributed by atoms with Crippen LogP contribution in [0.4, 0.5) is 4.39 Å². The first-order valence-electron chi connectivity index (χ1n) is 8.56. The van der Waals surface area contributed by atoms with Crippen molar-refractivity contribution in [3.63, 3.8) is 0 Å². The summed E-state index contributed by atoms with van der Waals surface area (Å²) in [4.78, 5) is 15.2. The van der Waals surface area contributed by atoms with E-state index >= 15 is 0 Å². The first-order chi connectivity index (χ1) is 13.5. The Bertz CT molecular complexity index is 1170. The number of rotatable bonds is 4. The topological polar surface area (TPSA) is 76.2 Å². The van der Waals surface area contributed by atoms with E-state index < -0.39 is 17.3 Å². The van der Waals surface area contributed by atoms with E-state index in [0.717, 1.165) is 22.8 Å². The van der Waals surface area contributed by atoms with Gasteiger partial charge < -0.3 is 9.63 Å². The van der Waals surface area contributed by atoms with Gasteiger partial charge in [0, 0.05) is 11.1 Å². The Balaban J connectivity index is 1.62. The molecule has 0 fully saturated rings. The maximum absolute atomic E-state index is 13.9. The highest BCUT2D eigenvalue weighted by Crippen LogP contribution is 2.28. The van der Waals surface area contributed by atoms with E-state index in [4.69, 9.17) is 9.63 Å². The highest BCUT2D eigenvalue weighted by Gasteiger charge is 2.15. The molecule has 138 valence electrons. The molecule has 3 aromatic carbocycles. The number of hydrogen-bond donors (Lipinski definition) is 1. The Labute approximate surface area is 160 Å². The molecule has 0 unspecified atom stereocenters. The van der Waals surface area contributed by atoms with Gasteiger partial charge in [-0.05, 0) is 53.9 Å². The van der Waals surface area contributed by atoms with Crippen molar-refractivity contribution in [1.29, 1.82) is 0 Å². The normalized spacial score (nSPS) is 10.8. The van der Waals surface area contributed by atoms with Crippen LogP contribution in [-0.2, 0) is 0 Å². The second-order valence-corrected chi connectivity index (χ2v) is 6.32. The van der Waals surface area contributed by atoms with Gasteiger partial charge >= 0.3 is 5.97 Å². The van der Waals surface area contributed by atoms with Gasteiger partial charge in [-0.3, -0.25) is 0 Å². The molecule has 1 heterocycles. The largest absolute Gasteiger partial charge is 0.478 e. The highest BCUT2D eigenvalue weighted by molar-refractivity contribution is 5.88. The van der Waals surface area contributed by atoms with Crippen molar-refractivity contribution < 1.29 is 18.8 Å². The lowest BCUT2D eigenvalue weighted by Crippen LogP contribution is -2.00. The molecule has 0 saturated heterocycles. The first kappa shape index (κ1) is 17.6. The lowest BCUT2D eigenvalue weighted by atomic mass is 10.00. The minimum absolute atomic E-state index is 0.189. The van der Waals surface area contributed by atoms with Crippen LogP contribution in [0.25, 0.3) is 34.0 Å². The van der Waals surface area contributed by atoms with Crippen molar-refractivity contribution in [3.05, 3.63) is 83.7 Å². The van der Waals surface area contributed by atoms with E-state index in [0.29, 0.717) is 11.5 Å². The average Bonchev–Trinajstić information content (AvgIpc) is 3.18. The monoisotopic (exact) mass is 374 g/mol. The molecule has 1 aromatic heterocycles. The second-order valence-electron chi connectivity index (χ2n) is 6.32. The molecular weight excluding hydrogens is 359 g/mol. The molecule has 0 aliphatic rings. The fourth-order valence-electron chi connectivity index (χ4n) is 2.97. The number of carboxylic acids is 1. The molecule has 0 radical (unpaired) electrons. The van der Waals surface area contributed by atoms with Crippen LogP contribution in [0.15, 0.2) is 71.3 Å². The van der Waals surface area contributed by atoms with Crippen molar-refractivity contribution in [2.75, 3.05) is 0 Å². The standard InChI is InChI=1S/C22H15FN2O3/c1-13-4-2-3-5-17(13)14-6-8-15(9-7-14)21-24-20(25-28-21)16-10-11-18(22(26)27)19(23)12-16/h2-12H,1H3,(H,26,27). The smallest absolute Gasteiger partial charge is 0.338 e. The SMILES string of the molecule is Cc1ccccc1-c1ccc(-c2nc(-c3ccc(C(=O)O)c(F)c3)no2)cc1. The van der Waals surface area contributed by atoms with Gasteiger partial charge in [0.25, 0.3) is 5.89 Å². The first-order valence-corrected chi connectivity index (χ1v) is 8.56. The summed E-state index contributed by atoms with van der Waals surface area (Å²) in [6, 6.07) is 19.5. The van der Waals surface area contributed by atoms with Crippen LogP contribution >= 0.6 is 0 Å². The van der Waals surface area contributed by atoms with E-state index in [1.54, 1.807) is 0 Å². The predicted molar refractivity (Wildman–Crippen MR) is 102 cm³/mol. The van der Waals surface area contributed by atoms with Crippen LogP contribution in [-0.4, -0.2) is 21.2 Å². The number of carbonyl (C=O) groups is 1. The number of aromatic nitrogens is 2. The predicted octanol–water partition coefficient (Wildman–Crippen LogP) is 5.22. The Hall–Kier alpha value is -3.80. The third-order valence-electron chi connectivity index (χ3n) is 4.47. The van der Waals surface area contributed by atoms with Crippen molar-refractivity contribution in [1.82, 2.24) is 10.1 Å². The Morgan fingerprint density at radius 3 is 2.32 bits per heavy atom. The van der Waals surface area contributed by atoms with E-state index in [2.05, 4.69) is 29.2 Å². The van der Waals surface area contributed by atoms with Gasteiger partial charge in [0.2, 0.25) is 5.82 Å².